The van der Waals surface area contributed by atoms with Crippen LogP contribution < -0.4 is 11.2 Å². The number of carbonyl (C=O) groups excluding carboxylic acids is 1. The molecule has 0 radical (unpaired) electrons. The molecule has 0 unspecified atom stereocenters. The maximum absolute atomic E-state index is 13.2. The van der Waals surface area contributed by atoms with Gasteiger partial charge < -0.3 is 4.90 Å². The molecule has 170 valence electrons. The van der Waals surface area contributed by atoms with Crippen molar-refractivity contribution in [1.82, 2.24) is 24.0 Å². The minimum absolute atomic E-state index is 0.0302. The Balaban J connectivity index is 2.07. The summed E-state index contributed by atoms with van der Waals surface area (Å²) in [6.07, 6.45) is 5.60. The molecule has 1 aliphatic rings. The SMILES string of the molecule is C[C@H](Sc1nc(C(C)(C)C)nc2c1c(=O)n(C)c(=O)n2C)C(=O)N(C)C1CCCCC1. The Morgan fingerprint density at radius 3 is 2.29 bits per heavy atom. The van der Waals surface area contributed by atoms with Crippen LogP contribution in [0.1, 0.15) is 65.6 Å². The highest BCUT2D eigenvalue weighted by Gasteiger charge is 2.29. The van der Waals surface area contributed by atoms with Crippen LogP contribution in [0.5, 0.6) is 0 Å². The molecule has 0 spiro atoms. The quantitative estimate of drug-likeness (QED) is 0.529. The van der Waals surface area contributed by atoms with Crippen LogP contribution in [0.15, 0.2) is 14.6 Å². The molecule has 8 nitrogen and oxygen atoms in total. The van der Waals surface area contributed by atoms with Gasteiger partial charge in [-0.3, -0.25) is 18.7 Å². The van der Waals surface area contributed by atoms with Crippen LogP contribution in [0.4, 0.5) is 0 Å². The second-order valence-corrected chi connectivity index (χ2v) is 10.8. The summed E-state index contributed by atoms with van der Waals surface area (Å²) in [5.41, 5.74) is -0.961. The highest BCUT2D eigenvalue weighted by molar-refractivity contribution is 8.00. The van der Waals surface area contributed by atoms with Crippen LogP contribution >= 0.6 is 11.8 Å². The molecule has 31 heavy (non-hydrogen) atoms. The number of hydrogen-bond donors (Lipinski definition) is 0. The van der Waals surface area contributed by atoms with Crippen molar-refractivity contribution in [2.45, 2.75) is 81.5 Å². The molecular formula is C22H33N5O3S. The lowest BCUT2D eigenvalue weighted by molar-refractivity contribution is -0.131. The van der Waals surface area contributed by atoms with Crippen molar-refractivity contribution in [1.29, 1.82) is 0 Å². The average molecular weight is 448 g/mol. The molecule has 1 fully saturated rings. The second kappa shape index (κ2) is 8.76. The molecule has 1 amide bonds. The molecule has 1 atom stereocenters. The Morgan fingerprint density at radius 1 is 1.10 bits per heavy atom. The Hall–Kier alpha value is -2.16. The zero-order valence-corrected chi connectivity index (χ0v) is 20.4. The number of amides is 1. The van der Waals surface area contributed by atoms with Gasteiger partial charge >= 0.3 is 5.69 Å². The van der Waals surface area contributed by atoms with Gasteiger partial charge in [0.2, 0.25) is 5.91 Å². The molecule has 2 heterocycles. The Labute approximate surface area is 187 Å². The van der Waals surface area contributed by atoms with Gasteiger partial charge in [-0.25, -0.2) is 14.8 Å². The molecule has 0 aliphatic heterocycles. The molecular weight excluding hydrogens is 414 g/mol. The molecule has 0 aromatic carbocycles. The summed E-state index contributed by atoms with van der Waals surface area (Å²) in [5, 5.41) is 0.311. The summed E-state index contributed by atoms with van der Waals surface area (Å²) in [5.74, 6) is 0.564. The molecule has 1 aliphatic carbocycles. The summed E-state index contributed by atoms with van der Waals surface area (Å²) in [4.78, 5) is 49.7. The van der Waals surface area contributed by atoms with E-state index in [1.807, 2.05) is 39.6 Å². The van der Waals surface area contributed by atoms with Gasteiger partial charge in [0.05, 0.1) is 5.25 Å². The molecule has 9 heteroatoms. The number of nitrogens with zero attached hydrogens (tertiary/aromatic N) is 5. The van der Waals surface area contributed by atoms with Gasteiger partial charge in [0.1, 0.15) is 16.2 Å². The van der Waals surface area contributed by atoms with Crippen molar-refractivity contribution >= 4 is 28.7 Å². The van der Waals surface area contributed by atoms with Crippen LogP contribution in [0.3, 0.4) is 0 Å². The molecule has 3 rings (SSSR count). The van der Waals surface area contributed by atoms with Gasteiger partial charge in [0.15, 0.2) is 5.65 Å². The van der Waals surface area contributed by atoms with Gasteiger partial charge in [-0.05, 0) is 19.8 Å². The van der Waals surface area contributed by atoms with Crippen LogP contribution in [0.25, 0.3) is 11.0 Å². The van der Waals surface area contributed by atoms with Crippen molar-refractivity contribution in [3.63, 3.8) is 0 Å². The lowest BCUT2D eigenvalue weighted by Gasteiger charge is -2.32. The molecule has 2 aromatic rings. The maximum Gasteiger partial charge on any atom is 0.332 e. The Morgan fingerprint density at radius 2 is 1.71 bits per heavy atom. The number of hydrogen-bond acceptors (Lipinski definition) is 6. The summed E-state index contributed by atoms with van der Waals surface area (Å²) in [6, 6.07) is 0.269. The van der Waals surface area contributed by atoms with Crippen LogP contribution in [-0.2, 0) is 24.3 Å². The summed E-state index contributed by atoms with van der Waals surface area (Å²) < 4.78 is 2.44. The molecule has 1 saturated carbocycles. The van der Waals surface area contributed by atoms with Crippen molar-refractivity contribution < 1.29 is 4.79 Å². The highest BCUT2D eigenvalue weighted by atomic mass is 32.2. The second-order valence-electron chi connectivity index (χ2n) is 9.51. The van der Waals surface area contributed by atoms with E-state index in [1.165, 1.54) is 29.8 Å². The summed E-state index contributed by atoms with van der Waals surface area (Å²) in [6.45, 7) is 7.79. The van der Waals surface area contributed by atoms with Gasteiger partial charge in [0, 0.05) is 32.6 Å². The third-order valence-corrected chi connectivity index (χ3v) is 7.12. The van der Waals surface area contributed by atoms with Crippen molar-refractivity contribution in [3.8, 4) is 0 Å². The monoisotopic (exact) mass is 447 g/mol. The lowest BCUT2D eigenvalue weighted by atomic mass is 9.94. The van der Waals surface area contributed by atoms with Gasteiger partial charge in [-0.15, -0.1) is 0 Å². The Kier molecular flexibility index (Phi) is 6.64. The first-order valence-corrected chi connectivity index (χ1v) is 11.7. The van der Waals surface area contributed by atoms with Gasteiger partial charge in [-0.2, -0.15) is 0 Å². The normalized spacial score (nSPS) is 16.5. The fraction of sp³-hybridized carbons (Fsp3) is 0.682. The van der Waals surface area contributed by atoms with E-state index in [2.05, 4.69) is 4.98 Å². The largest absolute Gasteiger partial charge is 0.342 e. The summed E-state index contributed by atoms with van der Waals surface area (Å²) >= 11 is 1.27. The fourth-order valence-electron chi connectivity index (χ4n) is 4.00. The van der Waals surface area contributed by atoms with Crippen molar-refractivity contribution in [3.05, 3.63) is 26.7 Å². The minimum atomic E-state index is -0.443. The highest BCUT2D eigenvalue weighted by Crippen LogP contribution is 2.31. The van der Waals surface area contributed by atoms with Crippen LogP contribution in [0.2, 0.25) is 0 Å². The van der Waals surface area contributed by atoms with E-state index < -0.39 is 16.5 Å². The zero-order chi connectivity index (χ0) is 23.1. The Bertz CT molecular complexity index is 1110. The predicted octanol–water partition coefficient (Wildman–Crippen LogP) is 2.60. The standard InChI is InChI=1S/C22H33N5O3S/c1-13(18(28)25(5)14-11-9-8-10-12-14)31-17-15-16(23-20(24-17)22(2,3)4)26(6)21(30)27(7)19(15)29/h13-14H,8-12H2,1-7H3/t13-/m0/s1. The first-order chi connectivity index (χ1) is 14.4. The van der Waals surface area contributed by atoms with E-state index in [4.69, 9.17) is 4.98 Å². The predicted molar refractivity (Wildman–Crippen MR) is 124 cm³/mol. The smallest absolute Gasteiger partial charge is 0.332 e. The van der Waals surface area contributed by atoms with E-state index in [0.717, 1.165) is 30.3 Å². The number of carbonyl (C=O) groups is 1. The van der Waals surface area contributed by atoms with E-state index in [-0.39, 0.29) is 22.8 Å². The topological polar surface area (TPSA) is 90.1 Å². The van der Waals surface area contributed by atoms with Gasteiger partial charge in [0.25, 0.3) is 5.56 Å². The van der Waals surface area contributed by atoms with E-state index in [0.29, 0.717) is 16.5 Å². The van der Waals surface area contributed by atoms with Gasteiger partial charge in [-0.1, -0.05) is 51.8 Å². The number of aromatic nitrogens is 4. The fourth-order valence-corrected chi connectivity index (χ4v) is 5.04. The average Bonchev–Trinajstić information content (AvgIpc) is 2.74. The molecule has 0 saturated heterocycles. The molecule has 0 N–H and O–H groups in total. The minimum Gasteiger partial charge on any atom is -0.342 e. The van der Waals surface area contributed by atoms with E-state index >= 15 is 0 Å². The summed E-state index contributed by atoms with van der Waals surface area (Å²) in [7, 11) is 4.92. The molecule has 2 aromatic heterocycles. The van der Waals surface area contributed by atoms with E-state index in [1.54, 1.807) is 7.05 Å². The number of fused-ring (bicyclic) bond motifs is 1. The first-order valence-electron chi connectivity index (χ1n) is 10.8. The van der Waals surface area contributed by atoms with E-state index in [9.17, 15) is 14.4 Å². The van der Waals surface area contributed by atoms with Crippen molar-refractivity contribution in [2.24, 2.45) is 14.1 Å². The van der Waals surface area contributed by atoms with Crippen molar-refractivity contribution in [2.75, 3.05) is 7.05 Å². The van der Waals surface area contributed by atoms with Crippen LogP contribution in [0, 0.1) is 0 Å². The zero-order valence-electron chi connectivity index (χ0n) is 19.6. The third kappa shape index (κ3) is 4.56. The number of thioether (sulfide) groups is 1. The number of aryl methyl sites for hydroxylation is 1. The van der Waals surface area contributed by atoms with Crippen LogP contribution in [-0.4, -0.2) is 48.2 Å². The lowest BCUT2D eigenvalue weighted by Crippen LogP contribution is -2.42. The first kappa shape index (κ1) is 23.5. The third-order valence-electron chi connectivity index (χ3n) is 6.04. The molecule has 0 bridgehead atoms. The maximum atomic E-state index is 13.2. The number of rotatable bonds is 4.